The Balaban J connectivity index is 1.53. The molecule has 0 aromatic heterocycles. The molecule has 0 radical (unpaired) electrons. The van der Waals surface area contributed by atoms with E-state index in [1.54, 1.807) is 7.11 Å². The summed E-state index contributed by atoms with van der Waals surface area (Å²) in [6.07, 6.45) is 7.98. The third-order valence-corrected chi connectivity index (χ3v) is 5.44. The van der Waals surface area contributed by atoms with Gasteiger partial charge in [-0.2, -0.15) is 0 Å². The molecular formula is C16H29N3O2. The fourth-order valence-corrected chi connectivity index (χ4v) is 4.23. The van der Waals surface area contributed by atoms with Crippen molar-refractivity contribution in [1.29, 1.82) is 0 Å². The molecule has 1 aliphatic carbocycles. The summed E-state index contributed by atoms with van der Waals surface area (Å²) in [6, 6.07) is 1.02. The monoisotopic (exact) mass is 295 g/mol. The molecule has 0 spiro atoms. The van der Waals surface area contributed by atoms with Crippen molar-refractivity contribution in [3.05, 3.63) is 0 Å². The van der Waals surface area contributed by atoms with E-state index in [9.17, 15) is 4.79 Å². The van der Waals surface area contributed by atoms with Crippen LogP contribution in [0.15, 0.2) is 0 Å². The van der Waals surface area contributed by atoms with Crippen molar-refractivity contribution in [2.75, 3.05) is 26.7 Å². The van der Waals surface area contributed by atoms with Crippen LogP contribution in [0, 0.1) is 0 Å². The molecule has 0 bridgehead atoms. The normalized spacial score (nSPS) is 35.2. The summed E-state index contributed by atoms with van der Waals surface area (Å²) >= 11 is 0. The number of nitrogens with zero attached hydrogens (tertiary/aromatic N) is 1. The Morgan fingerprint density at radius 2 is 2.00 bits per heavy atom. The van der Waals surface area contributed by atoms with Gasteiger partial charge in [-0.15, -0.1) is 0 Å². The number of ether oxygens (including phenoxy) is 1. The molecule has 120 valence electrons. The summed E-state index contributed by atoms with van der Waals surface area (Å²) in [4.78, 5) is 15.1. The predicted octanol–water partition coefficient (Wildman–Crippen LogP) is 0.887. The van der Waals surface area contributed by atoms with Crippen molar-refractivity contribution in [3.8, 4) is 0 Å². The molecule has 3 fully saturated rings. The van der Waals surface area contributed by atoms with Crippen molar-refractivity contribution in [3.63, 3.8) is 0 Å². The standard InChI is InChI=1S/C16H29N3O2/c1-21-14-5-4-12(11-14)18-16(20)15-3-2-10-19(15)13-6-8-17-9-7-13/h12-15,17H,2-11H2,1H3,(H,18,20). The van der Waals surface area contributed by atoms with Gasteiger partial charge in [0.25, 0.3) is 0 Å². The minimum absolute atomic E-state index is 0.106. The molecule has 2 heterocycles. The number of carbonyl (C=O) groups excluding carboxylic acids is 1. The summed E-state index contributed by atoms with van der Waals surface area (Å²) in [5, 5.41) is 6.69. The van der Waals surface area contributed by atoms with Gasteiger partial charge in [0.1, 0.15) is 0 Å². The van der Waals surface area contributed by atoms with Gasteiger partial charge in [0.2, 0.25) is 5.91 Å². The average Bonchev–Trinajstić information content (AvgIpc) is 3.17. The van der Waals surface area contributed by atoms with E-state index < -0.39 is 0 Å². The Hall–Kier alpha value is -0.650. The van der Waals surface area contributed by atoms with Gasteiger partial charge in [0, 0.05) is 19.2 Å². The Morgan fingerprint density at radius 1 is 1.19 bits per heavy atom. The smallest absolute Gasteiger partial charge is 0.237 e. The fourth-order valence-electron chi connectivity index (χ4n) is 4.23. The predicted molar refractivity (Wildman–Crippen MR) is 82.2 cm³/mol. The zero-order valence-electron chi connectivity index (χ0n) is 13.1. The summed E-state index contributed by atoms with van der Waals surface area (Å²) in [7, 11) is 1.77. The number of hydrogen-bond acceptors (Lipinski definition) is 4. The summed E-state index contributed by atoms with van der Waals surface area (Å²) in [5.74, 6) is 0.257. The van der Waals surface area contributed by atoms with Crippen LogP contribution in [0.4, 0.5) is 0 Å². The maximum atomic E-state index is 12.6. The minimum Gasteiger partial charge on any atom is -0.381 e. The molecule has 3 rings (SSSR count). The Morgan fingerprint density at radius 3 is 2.71 bits per heavy atom. The maximum Gasteiger partial charge on any atom is 0.237 e. The van der Waals surface area contributed by atoms with Crippen LogP contribution in [0.5, 0.6) is 0 Å². The lowest BCUT2D eigenvalue weighted by Gasteiger charge is -2.35. The minimum atomic E-state index is 0.106. The third kappa shape index (κ3) is 3.58. The van der Waals surface area contributed by atoms with Crippen LogP contribution in [-0.4, -0.2) is 61.8 Å². The highest BCUT2D eigenvalue weighted by molar-refractivity contribution is 5.82. The Bertz CT molecular complexity index is 357. The van der Waals surface area contributed by atoms with Gasteiger partial charge in [-0.05, 0) is 64.6 Å². The molecular weight excluding hydrogens is 266 g/mol. The SMILES string of the molecule is COC1CCC(NC(=O)C2CCCN2C2CCNCC2)C1. The molecule has 5 heteroatoms. The second kappa shape index (κ2) is 7.07. The Kier molecular flexibility index (Phi) is 5.14. The van der Waals surface area contributed by atoms with Gasteiger partial charge in [0.15, 0.2) is 0 Å². The zero-order chi connectivity index (χ0) is 14.7. The van der Waals surface area contributed by atoms with Gasteiger partial charge in [0.05, 0.1) is 12.1 Å². The average molecular weight is 295 g/mol. The number of nitrogens with one attached hydrogen (secondary N) is 2. The molecule has 3 aliphatic rings. The summed E-state index contributed by atoms with van der Waals surface area (Å²) < 4.78 is 5.40. The van der Waals surface area contributed by atoms with Crippen LogP contribution in [0.25, 0.3) is 0 Å². The van der Waals surface area contributed by atoms with Gasteiger partial charge in [-0.1, -0.05) is 0 Å². The second-order valence-corrected chi connectivity index (χ2v) is 6.75. The van der Waals surface area contributed by atoms with E-state index in [4.69, 9.17) is 4.74 Å². The molecule has 3 atom stereocenters. The van der Waals surface area contributed by atoms with Crippen LogP contribution in [0.1, 0.15) is 44.9 Å². The molecule has 2 aliphatic heterocycles. The first-order chi connectivity index (χ1) is 10.3. The van der Waals surface area contributed by atoms with E-state index >= 15 is 0 Å². The number of amides is 1. The number of carbonyl (C=O) groups is 1. The van der Waals surface area contributed by atoms with Crippen LogP contribution in [0.3, 0.4) is 0 Å². The molecule has 1 saturated carbocycles. The largest absolute Gasteiger partial charge is 0.381 e. The van der Waals surface area contributed by atoms with E-state index in [-0.39, 0.29) is 11.9 Å². The number of methoxy groups -OCH3 is 1. The first-order valence-electron chi connectivity index (χ1n) is 8.57. The topological polar surface area (TPSA) is 53.6 Å². The van der Waals surface area contributed by atoms with Gasteiger partial charge in [-0.3, -0.25) is 9.69 Å². The van der Waals surface area contributed by atoms with Crippen LogP contribution >= 0.6 is 0 Å². The van der Waals surface area contributed by atoms with Gasteiger partial charge < -0.3 is 15.4 Å². The number of piperidine rings is 1. The van der Waals surface area contributed by atoms with E-state index in [0.29, 0.717) is 18.2 Å². The molecule has 5 nitrogen and oxygen atoms in total. The van der Waals surface area contributed by atoms with E-state index in [1.165, 1.54) is 12.8 Å². The van der Waals surface area contributed by atoms with Crippen LogP contribution in [0.2, 0.25) is 0 Å². The Labute approximate surface area is 127 Å². The van der Waals surface area contributed by atoms with Gasteiger partial charge >= 0.3 is 0 Å². The number of hydrogen-bond donors (Lipinski definition) is 2. The molecule has 3 unspecified atom stereocenters. The van der Waals surface area contributed by atoms with Crippen LogP contribution in [-0.2, 0) is 9.53 Å². The quantitative estimate of drug-likeness (QED) is 0.809. The third-order valence-electron chi connectivity index (χ3n) is 5.44. The van der Waals surface area contributed by atoms with Crippen molar-refractivity contribution < 1.29 is 9.53 Å². The summed E-state index contributed by atoms with van der Waals surface area (Å²) in [5.41, 5.74) is 0. The fraction of sp³-hybridized carbons (Fsp3) is 0.938. The lowest BCUT2D eigenvalue weighted by Crippen LogP contribution is -2.52. The summed E-state index contributed by atoms with van der Waals surface area (Å²) in [6.45, 7) is 3.27. The molecule has 1 amide bonds. The maximum absolute atomic E-state index is 12.6. The second-order valence-electron chi connectivity index (χ2n) is 6.75. The highest BCUT2D eigenvalue weighted by Crippen LogP contribution is 2.26. The first-order valence-corrected chi connectivity index (χ1v) is 8.57. The van der Waals surface area contributed by atoms with Crippen molar-refractivity contribution in [2.24, 2.45) is 0 Å². The van der Waals surface area contributed by atoms with Crippen molar-refractivity contribution in [2.45, 2.75) is 69.2 Å². The molecule has 0 aromatic carbocycles. The zero-order valence-corrected chi connectivity index (χ0v) is 13.1. The number of rotatable bonds is 4. The van der Waals surface area contributed by atoms with Crippen molar-refractivity contribution in [1.82, 2.24) is 15.5 Å². The van der Waals surface area contributed by atoms with E-state index in [2.05, 4.69) is 15.5 Å². The number of likely N-dealkylation sites (tertiary alicyclic amines) is 1. The lowest BCUT2D eigenvalue weighted by molar-refractivity contribution is -0.127. The molecule has 2 saturated heterocycles. The lowest BCUT2D eigenvalue weighted by atomic mass is 10.0. The highest BCUT2D eigenvalue weighted by Gasteiger charge is 2.37. The first kappa shape index (κ1) is 15.3. The van der Waals surface area contributed by atoms with Crippen LogP contribution < -0.4 is 10.6 Å². The highest BCUT2D eigenvalue weighted by atomic mass is 16.5. The molecule has 0 aromatic rings. The molecule has 21 heavy (non-hydrogen) atoms. The molecule has 2 N–H and O–H groups in total. The van der Waals surface area contributed by atoms with Crippen molar-refractivity contribution >= 4 is 5.91 Å². The van der Waals surface area contributed by atoms with E-state index in [1.807, 2.05) is 0 Å². The van der Waals surface area contributed by atoms with E-state index in [0.717, 1.165) is 51.7 Å². The van der Waals surface area contributed by atoms with Gasteiger partial charge in [-0.25, -0.2) is 0 Å².